The first-order valence-corrected chi connectivity index (χ1v) is 6.64. The van der Waals surface area contributed by atoms with E-state index >= 15 is 0 Å². The molecule has 0 saturated heterocycles. The van der Waals surface area contributed by atoms with Crippen LogP contribution >= 0.6 is 0 Å². The van der Waals surface area contributed by atoms with Gasteiger partial charge in [0, 0.05) is 29.9 Å². The number of nitrogens with two attached hydrogens (primary N) is 1. The molecule has 2 aromatic heterocycles. The van der Waals surface area contributed by atoms with Crippen LogP contribution in [-0.2, 0) is 6.54 Å². The lowest BCUT2D eigenvalue weighted by atomic mass is 10.2. The van der Waals surface area contributed by atoms with Crippen molar-refractivity contribution in [2.45, 2.75) is 6.54 Å². The SMILES string of the molecule is COc1ccc(CNc2ccc3cc(N)ccc3n2)cn1. The molecule has 5 heteroatoms. The number of nitrogens with one attached hydrogen (secondary N) is 1. The van der Waals surface area contributed by atoms with Gasteiger partial charge in [0.25, 0.3) is 0 Å². The molecule has 2 heterocycles. The van der Waals surface area contributed by atoms with Crippen LogP contribution in [0, 0.1) is 0 Å². The Balaban J connectivity index is 1.73. The van der Waals surface area contributed by atoms with Gasteiger partial charge in [-0.05, 0) is 35.9 Å². The summed E-state index contributed by atoms with van der Waals surface area (Å²) in [7, 11) is 1.60. The van der Waals surface area contributed by atoms with Crippen LogP contribution in [0.15, 0.2) is 48.7 Å². The van der Waals surface area contributed by atoms with Crippen molar-refractivity contribution in [3.63, 3.8) is 0 Å². The molecular weight excluding hydrogens is 264 g/mol. The smallest absolute Gasteiger partial charge is 0.212 e. The maximum absolute atomic E-state index is 5.76. The predicted octanol–water partition coefficient (Wildman–Crippen LogP) is 2.83. The van der Waals surface area contributed by atoms with Gasteiger partial charge in [0.2, 0.25) is 5.88 Å². The number of hydrogen-bond acceptors (Lipinski definition) is 5. The number of hydrogen-bond donors (Lipinski definition) is 2. The molecule has 0 aliphatic carbocycles. The van der Waals surface area contributed by atoms with Gasteiger partial charge in [-0.3, -0.25) is 0 Å². The fourth-order valence-electron chi connectivity index (χ4n) is 2.07. The van der Waals surface area contributed by atoms with Crippen molar-refractivity contribution in [2.75, 3.05) is 18.2 Å². The number of anilines is 2. The summed E-state index contributed by atoms with van der Waals surface area (Å²) in [6.45, 7) is 0.657. The zero-order valence-electron chi connectivity index (χ0n) is 11.7. The fourth-order valence-corrected chi connectivity index (χ4v) is 2.07. The second kappa shape index (κ2) is 5.66. The Hall–Kier alpha value is -2.82. The molecule has 1 aromatic carbocycles. The Morgan fingerprint density at radius 1 is 1.14 bits per heavy atom. The fraction of sp³-hybridized carbons (Fsp3) is 0.125. The monoisotopic (exact) mass is 280 g/mol. The zero-order chi connectivity index (χ0) is 14.7. The highest BCUT2D eigenvalue weighted by Gasteiger charge is 2.00. The van der Waals surface area contributed by atoms with E-state index < -0.39 is 0 Å². The van der Waals surface area contributed by atoms with Crippen molar-refractivity contribution in [3.05, 3.63) is 54.2 Å². The van der Waals surface area contributed by atoms with Crippen molar-refractivity contribution in [3.8, 4) is 5.88 Å². The van der Waals surface area contributed by atoms with Gasteiger partial charge in [0.05, 0.1) is 12.6 Å². The van der Waals surface area contributed by atoms with E-state index in [4.69, 9.17) is 10.5 Å². The molecule has 0 aliphatic heterocycles. The third-order valence-corrected chi connectivity index (χ3v) is 3.19. The maximum atomic E-state index is 5.76. The van der Waals surface area contributed by atoms with Gasteiger partial charge in [-0.1, -0.05) is 6.07 Å². The molecule has 3 N–H and O–H groups in total. The molecule has 0 aliphatic rings. The van der Waals surface area contributed by atoms with Crippen LogP contribution in [0.25, 0.3) is 10.9 Å². The maximum Gasteiger partial charge on any atom is 0.212 e. The van der Waals surface area contributed by atoms with E-state index in [1.54, 1.807) is 13.3 Å². The Morgan fingerprint density at radius 2 is 2.05 bits per heavy atom. The molecule has 3 aromatic rings. The van der Waals surface area contributed by atoms with Gasteiger partial charge in [-0.15, -0.1) is 0 Å². The van der Waals surface area contributed by atoms with Crippen LogP contribution in [0.5, 0.6) is 5.88 Å². The van der Waals surface area contributed by atoms with Gasteiger partial charge >= 0.3 is 0 Å². The number of methoxy groups -OCH3 is 1. The quantitative estimate of drug-likeness (QED) is 0.719. The summed E-state index contributed by atoms with van der Waals surface area (Å²) >= 11 is 0. The highest BCUT2D eigenvalue weighted by atomic mass is 16.5. The van der Waals surface area contributed by atoms with Crippen LogP contribution in [-0.4, -0.2) is 17.1 Å². The van der Waals surface area contributed by atoms with E-state index in [0.29, 0.717) is 12.4 Å². The first kappa shape index (κ1) is 13.2. The second-order valence-corrected chi connectivity index (χ2v) is 4.71. The molecule has 0 saturated carbocycles. The van der Waals surface area contributed by atoms with Crippen LogP contribution in [0.3, 0.4) is 0 Å². The first-order valence-electron chi connectivity index (χ1n) is 6.64. The largest absolute Gasteiger partial charge is 0.481 e. The Bertz CT molecular complexity index is 756. The number of ether oxygens (including phenoxy) is 1. The highest BCUT2D eigenvalue weighted by Crippen LogP contribution is 2.18. The molecule has 3 rings (SSSR count). The van der Waals surface area contributed by atoms with E-state index in [0.717, 1.165) is 28.0 Å². The number of nitrogens with zero attached hydrogens (tertiary/aromatic N) is 2. The predicted molar refractivity (Wildman–Crippen MR) is 84.3 cm³/mol. The summed E-state index contributed by atoms with van der Waals surface area (Å²) in [5.74, 6) is 1.43. The van der Waals surface area contributed by atoms with Crippen molar-refractivity contribution < 1.29 is 4.74 Å². The third kappa shape index (κ3) is 3.02. The summed E-state index contributed by atoms with van der Waals surface area (Å²) in [6, 6.07) is 13.5. The lowest BCUT2D eigenvalue weighted by Crippen LogP contribution is -2.02. The van der Waals surface area contributed by atoms with Crippen molar-refractivity contribution >= 4 is 22.4 Å². The molecule has 0 unspecified atom stereocenters. The van der Waals surface area contributed by atoms with Gasteiger partial charge in [0.15, 0.2) is 0 Å². The molecule has 5 nitrogen and oxygen atoms in total. The molecule has 0 radical (unpaired) electrons. The summed E-state index contributed by atoms with van der Waals surface area (Å²) in [5.41, 5.74) is 8.49. The van der Waals surface area contributed by atoms with Crippen molar-refractivity contribution in [2.24, 2.45) is 0 Å². The lowest BCUT2D eigenvalue weighted by Gasteiger charge is -2.07. The normalized spacial score (nSPS) is 10.5. The van der Waals surface area contributed by atoms with Crippen LogP contribution in [0.1, 0.15) is 5.56 Å². The van der Waals surface area contributed by atoms with Crippen molar-refractivity contribution in [1.29, 1.82) is 0 Å². The van der Waals surface area contributed by atoms with Crippen LogP contribution in [0.4, 0.5) is 11.5 Å². The first-order chi connectivity index (χ1) is 10.2. The molecule has 0 bridgehead atoms. The molecular formula is C16H16N4O. The zero-order valence-corrected chi connectivity index (χ0v) is 11.7. The third-order valence-electron chi connectivity index (χ3n) is 3.19. The lowest BCUT2D eigenvalue weighted by molar-refractivity contribution is 0.397. The Labute approximate surface area is 122 Å². The topological polar surface area (TPSA) is 73.1 Å². The van der Waals surface area contributed by atoms with E-state index in [-0.39, 0.29) is 0 Å². The molecule has 0 fully saturated rings. The molecule has 0 spiro atoms. The Kier molecular flexibility index (Phi) is 3.55. The molecule has 0 atom stereocenters. The summed E-state index contributed by atoms with van der Waals surface area (Å²) in [4.78, 5) is 8.73. The van der Waals surface area contributed by atoms with Gasteiger partial charge < -0.3 is 15.8 Å². The van der Waals surface area contributed by atoms with Gasteiger partial charge in [-0.2, -0.15) is 0 Å². The molecule has 21 heavy (non-hydrogen) atoms. The van der Waals surface area contributed by atoms with Gasteiger partial charge in [0.1, 0.15) is 5.82 Å². The van der Waals surface area contributed by atoms with E-state index in [2.05, 4.69) is 15.3 Å². The van der Waals surface area contributed by atoms with Crippen molar-refractivity contribution in [1.82, 2.24) is 9.97 Å². The number of fused-ring (bicyclic) bond motifs is 1. The highest BCUT2D eigenvalue weighted by molar-refractivity contribution is 5.83. The summed E-state index contributed by atoms with van der Waals surface area (Å²) in [5, 5.41) is 4.32. The average Bonchev–Trinajstić information content (AvgIpc) is 2.53. The second-order valence-electron chi connectivity index (χ2n) is 4.71. The number of aromatic nitrogens is 2. The minimum atomic E-state index is 0.611. The number of benzene rings is 1. The van der Waals surface area contributed by atoms with Gasteiger partial charge in [-0.25, -0.2) is 9.97 Å². The average molecular weight is 280 g/mol. The van der Waals surface area contributed by atoms with Crippen LogP contribution in [0.2, 0.25) is 0 Å². The van der Waals surface area contributed by atoms with E-state index in [9.17, 15) is 0 Å². The summed E-state index contributed by atoms with van der Waals surface area (Å²) in [6.07, 6.45) is 1.79. The van der Waals surface area contributed by atoms with E-state index in [1.807, 2.05) is 42.5 Å². The summed E-state index contributed by atoms with van der Waals surface area (Å²) < 4.78 is 5.04. The Morgan fingerprint density at radius 3 is 2.81 bits per heavy atom. The number of nitrogen functional groups attached to an aromatic ring is 1. The molecule has 106 valence electrons. The minimum Gasteiger partial charge on any atom is -0.481 e. The standard InChI is InChI=1S/C16H16N4O/c1-21-16-7-2-11(10-19-16)9-18-15-6-3-12-8-13(17)4-5-14(12)20-15/h2-8,10H,9,17H2,1H3,(H,18,20). The number of rotatable bonds is 4. The van der Waals surface area contributed by atoms with E-state index in [1.165, 1.54) is 0 Å². The number of pyridine rings is 2. The molecule has 0 amide bonds. The van der Waals surface area contributed by atoms with Crippen LogP contribution < -0.4 is 15.8 Å². The minimum absolute atomic E-state index is 0.611.